The van der Waals surface area contributed by atoms with Crippen molar-refractivity contribution < 1.29 is 18.9 Å². The molecule has 30 heavy (non-hydrogen) atoms. The zero-order chi connectivity index (χ0) is 21.7. The fourth-order valence-electron chi connectivity index (χ4n) is 2.83. The number of nitro groups is 1. The van der Waals surface area contributed by atoms with Crippen LogP contribution in [0.25, 0.3) is 11.3 Å². The molecule has 8 heteroatoms. The SMILES string of the molecule is Cc1cc([N+](=O)[O-])ccc1-c1ccc(C=NNC(=O)COc2cccc(C)c2C)o1. The van der Waals surface area contributed by atoms with Crippen molar-refractivity contribution in [1.82, 2.24) is 5.43 Å². The molecule has 3 rings (SSSR count). The molecule has 0 fully saturated rings. The second-order valence-corrected chi connectivity index (χ2v) is 6.74. The summed E-state index contributed by atoms with van der Waals surface area (Å²) in [4.78, 5) is 22.3. The van der Waals surface area contributed by atoms with Crippen LogP contribution in [0.2, 0.25) is 0 Å². The Bertz CT molecular complexity index is 1120. The lowest BCUT2D eigenvalue weighted by Crippen LogP contribution is -2.24. The lowest BCUT2D eigenvalue weighted by Gasteiger charge is -2.09. The summed E-state index contributed by atoms with van der Waals surface area (Å²) in [6.07, 6.45) is 1.38. The van der Waals surface area contributed by atoms with Crippen molar-refractivity contribution in [3.63, 3.8) is 0 Å². The van der Waals surface area contributed by atoms with Gasteiger partial charge in [0.2, 0.25) is 0 Å². The first-order chi connectivity index (χ1) is 14.3. The molecular weight excluding hydrogens is 386 g/mol. The largest absolute Gasteiger partial charge is 0.483 e. The summed E-state index contributed by atoms with van der Waals surface area (Å²) in [5.74, 6) is 1.24. The van der Waals surface area contributed by atoms with Crippen molar-refractivity contribution in [1.29, 1.82) is 0 Å². The van der Waals surface area contributed by atoms with Crippen LogP contribution >= 0.6 is 0 Å². The smallest absolute Gasteiger partial charge is 0.277 e. The molecule has 0 spiro atoms. The fraction of sp³-hybridized carbons (Fsp3) is 0.182. The van der Waals surface area contributed by atoms with E-state index in [1.54, 1.807) is 25.1 Å². The maximum absolute atomic E-state index is 11.9. The lowest BCUT2D eigenvalue weighted by molar-refractivity contribution is -0.384. The molecule has 0 radical (unpaired) electrons. The highest BCUT2D eigenvalue weighted by molar-refractivity contribution is 5.82. The Hall–Kier alpha value is -3.94. The van der Waals surface area contributed by atoms with Crippen molar-refractivity contribution in [3.8, 4) is 17.1 Å². The number of carbonyl (C=O) groups is 1. The van der Waals surface area contributed by atoms with Crippen molar-refractivity contribution >= 4 is 17.8 Å². The maximum atomic E-state index is 11.9. The van der Waals surface area contributed by atoms with Crippen LogP contribution in [0, 0.1) is 30.9 Å². The number of hydrogen-bond acceptors (Lipinski definition) is 6. The van der Waals surface area contributed by atoms with Gasteiger partial charge in [0, 0.05) is 17.7 Å². The summed E-state index contributed by atoms with van der Waals surface area (Å²) in [5.41, 5.74) is 5.94. The molecule has 0 aliphatic rings. The average Bonchev–Trinajstić information content (AvgIpc) is 3.17. The number of nitrogens with zero attached hydrogens (tertiary/aromatic N) is 2. The molecule has 0 atom stereocenters. The van der Waals surface area contributed by atoms with E-state index in [2.05, 4.69) is 10.5 Å². The molecule has 1 amide bonds. The molecule has 0 saturated carbocycles. The number of nitro benzene ring substituents is 1. The first-order valence-corrected chi connectivity index (χ1v) is 9.21. The minimum absolute atomic E-state index is 0.0235. The van der Waals surface area contributed by atoms with Gasteiger partial charge in [-0.3, -0.25) is 14.9 Å². The third kappa shape index (κ3) is 4.91. The zero-order valence-corrected chi connectivity index (χ0v) is 16.8. The Morgan fingerprint density at radius 2 is 1.97 bits per heavy atom. The standard InChI is InChI=1S/C22H21N3O5/c1-14-5-4-6-20(16(14)3)29-13-22(26)24-23-12-18-8-10-21(30-18)19-9-7-17(25(27)28)11-15(19)2/h4-12H,13H2,1-3H3,(H,24,26). The lowest BCUT2D eigenvalue weighted by atomic mass is 10.1. The maximum Gasteiger partial charge on any atom is 0.277 e. The number of amides is 1. The van der Waals surface area contributed by atoms with Crippen LogP contribution in [0.3, 0.4) is 0 Å². The van der Waals surface area contributed by atoms with Gasteiger partial charge in [-0.2, -0.15) is 5.10 Å². The van der Waals surface area contributed by atoms with Crippen molar-refractivity contribution in [2.24, 2.45) is 5.10 Å². The van der Waals surface area contributed by atoms with Crippen LogP contribution in [0.15, 0.2) is 58.0 Å². The second kappa shape index (κ2) is 9.04. The Kier molecular flexibility index (Phi) is 6.26. The number of furan rings is 1. The van der Waals surface area contributed by atoms with E-state index in [1.165, 1.54) is 18.3 Å². The molecule has 8 nitrogen and oxygen atoms in total. The van der Waals surface area contributed by atoms with Gasteiger partial charge in [0.25, 0.3) is 11.6 Å². The van der Waals surface area contributed by atoms with Gasteiger partial charge in [0.05, 0.1) is 11.1 Å². The molecule has 0 saturated heterocycles. The number of carbonyl (C=O) groups excluding carboxylic acids is 1. The van der Waals surface area contributed by atoms with Gasteiger partial charge in [-0.05, 0) is 61.7 Å². The summed E-state index contributed by atoms with van der Waals surface area (Å²) >= 11 is 0. The highest BCUT2D eigenvalue weighted by atomic mass is 16.6. The molecular formula is C22H21N3O5. The summed E-state index contributed by atoms with van der Waals surface area (Å²) in [6.45, 7) is 5.52. The zero-order valence-electron chi connectivity index (χ0n) is 16.8. The third-order valence-electron chi connectivity index (χ3n) is 4.61. The Morgan fingerprint density at radius 1 is 1.17 bits per heavy atom. The number of nitrogens with one attached hydrogen (secondary N) is 1. The number of ether oxygens (including phenoxy) is 1. The van der Waals surface area contributed by atoms with Gasteiger partial charge < -0.3 is 9.15 Å². The van der Waals surface area contributed by atoms with Crippen molar-refractivity contribution in [3.05, 3.63) is 81.1 Å². The first-order valence-electron chi connectivity index (χ1n) is 9.21. The van der Waals surface area contributed by atoms with E-state index >= 15 is 0 Å². The quantitative estimate of drug-likeness (QED) is 0.357. The number of hydrogen-bond donors (Lipinski definition) is 1. The van der Waals surface area contributed by atoms with Crippen LogP contribution < -0.4 is 10.2 Å². The Morgan fingerprint density at radius 3 is 2.70 bits per heavy atom. The van der Waals surface area contributed by atoms with E-state index in [0.717, 1.165) is 22.3 Å². The van der Waals surface area contributed by atoms with E-state index in [4.69, 9.17) is 9.15 Å². The average molecular weight is 407 g/mol. The van der Waals surface area contributed by atoms with Gasteiger partial charge in [0.15, 0.2) is 6.61 Å². The monoisotopic (exact) mass is 407 g/mol. The second-order valence-electron chi connectivity index (χ2n) is 6.74. The summed E-state index contributed by atoms with van der Waals surface area (Å²) in [5, 5.41) is 14.7. The van der Waals surface area contributed by atoms with Gasteiger partial charge in [0.1, 0.15) is 17.3 Å². The topological polar surface area (TPSA) is 107 Å². The highest BCUT2D eigenvalue weighted by Gasteiger charge is 2.12. The van der Waals surface area contributed by atoms with Crippen LogP contribution in [-0.4, -0.2) is 23.7 Å². The van der Waals surface area contributed by atoms with Gasteiger partial charge in [-0.15, -0.1) is 0 Å². The molecule has 1 aromatic heterocycles. The van der Waals surface area contributed by atoms with E-state index in [1.807, 2.05) is 32.0 Å². The predicted molar refractivity (Wildman–Crippen MR) is 113 cm³/mol. The van der Waals surface area contributed by atoms with Gasteiger partial charge in [-0.25, -0.2) is 5.43 Å². The molecule has 0 unspecified atom stereocenters. The normalized spacial score (nSPS) is 10.9. The number of rotatable bonds is 7. The van der Waals surface area contributed by atoms with Crippen LogP contribution in [0.1, 0.15) is 22.5 Å². The van der Waals surface area contributed by atoms with E-state index in [0.29, 0.717) is 17.3 Å². The third-order valence-corrected chi connectivity index (χ3v) is 4.61. The fourth-order valence-corrected chi connectivity index (χ4v) is 2.83. The van der Waals surface area contributed by atoms with Crippen molar-refractivity contribution in [2.75, 3.05) is 6.61 Å². The first kappa shape index (κ1) is 20.8. The molecule has 2 aromatic carbocycles. The molecule has 3 aromatic rings. The number of benzene rings is 2. The molecule has 0 aliphatic heterocycles. The molecule has 1 N–H and O–H groups in total. The summed E-state index contributed by atoms with van der Waals surface area (Å²) < 4.78 is 11.2. The molecule has 0 bridgehead atoms. The van der Waals surface area contributed by atoms with Gasteiger partial charge >= 0.3 is 0 Å². The van der Waals surface area contributed by atoms with Crippen molar-refractivity contribution in [2.45, 2.75) is 20.8 Å². The summed E-state index contributed by atoms with van der Waals surface area (Å²) in [7, 11) is 0. The molecule has 1 heterocycles. The Labute approximate surface area is 173 Å². The minimum atomic E-state index is -0.441. The Balaban J connectivity index is 1.57. The molecule has 0 aliphatic carbocycles. The number of non-ortho nitro benzene ring substituents is 1. The van der Waals surface area contributed by atoms with E-state index in [-0.39, 0.29) is 12.3 Å². The highest BCUT2D eigenvalue weighted by Crippen LogP contribution is 2.28. The molecule has 154 valence electrons. The van der Waals surface area contributed by atoms with Crippen LogP contribution in [0.5, 0.6) is 5.75 Å². The van der Waals surface area contributed by atoms with E-state index in [9.17, 15) is 14.9 Å². The predicted octanol–water partition coefficient (Wildman–Crippen LogP) is 4.31. The minimum Gasteiger partial charge on any atom is -0.483 e. The van der Waals surface area contributed by atoms with Gasteiger partial charge in [-0.1, -0.05) is 12.1 Å². The summed E-state index contributed by atoms with van der Waals surface area (Å²) in [6, 6.07) is 13.6. The number of aryl methyl sites for hydroxylation is 2. The van der Waals surface area contributed by atoms with E-state index < -0.39 is 10.8 Å². The van der Waals surface area contributed by atoms with Crippen LogP contribution in [0.4, 0.5) is 5.69 Å². The number of hydrazone groups is 1. The van der Waals surface area contributed by atoms with Crippen LogP contribution in [-0.2, 0) is 4.79 Å².